The summed E-state index contributed by atoms with van der Waals surface area (Å²) in [5, 5.41) is 18.0. The number of anilines is 1. The minimum Gasteiger partial charge on any atom is -0.480 e. The lowest BCUT2D eigenvalue weighted by Crippen LogP contribution is -2.50. The van der Waals surface area contributed by atoms with Gasteiger partial charge in [-0.3, -0.25) is 0 Å². The van der Waals surface area contributed by atoms with Gasteiger partial charge in [-0.1, -0.05) is 6.07 Å². The predicted molar refractivity (Wildman–Crippen MR) is 63.7 cm³/mol. The fraction of sp³-hybridized carbons (Fsp3) is 0.417. The molecule has 0 aliphatic rings. The van der Waals surface area contributed by atoms with E-state index in [0.717, 1.165) is 0 Å². The normalized spacial score (nSPS) is 10.7. The molecule has 1 aromatic heterocycles. The number of carboxylic acid groups (broad SMARTS) is 1. The second kappa shape index (κ2) is 4.83. The van der Waals surface area contributed by atoms with Gasteiger partial charge in [-0.05, 0) is 32.9 Å². The fourth-order valence-electron chi connectivity index (χ4n) is 1.59. The van der Waals surface area contributed by atoms with Crippen LogP contribution in [0.1, 0.15) is 26.5 Å². The Kier molecular flexibility index (Phi) is 3.69. The molecule has 0 saturated carbocycles. The van der Waals surface area contributed by atoms with Crippen LogP contribution in [-0.2, 0) is 4.79 Å². The lowest BCUT2D eigenvalue weighted by Gasteiger charge is -2.35. The van der Waals surface area contributed by atoms with Gasteiger partial charge in [0.15, 0.2) is 0 Å². The SMILES string of the molecule is CCN(c1cccc(C#N)n1)C(C)(C)C(=O)O. The smallest absolute Gasteiger partial charge is 0.328 e. The molecule has 0 spiro atoms. The van der Waals surface area contributed by atoms with Crippen LogP contribution in [0.5, 0.6) is 0 Å². The Morgan fingerprint density at radius 1 is 1.59 bits per heavy atom. The van der Waals surface area contributed by atoms with Crippen molar-refractivity contribution in [3.8, 4) is 6.07 Å². The predicted octanol–water partition coefficient (Wildman–Crippen LogP) is 1.64. The topological polar surface area (TPSA) is 77.2 Å². The Balaban J connectivity index is 3.19. The number of nitrogens with zero attached hydrogens (tertiary/aromatic N) is 3. The maximum absolute atomic E-state index is 11.2. The van der Waals surface area contributed by atoms with Gasteiger partial charge in [0.05, 0.1) is 0 Å². The Bertz CT molecular complexity index is 463. The standard InChI is InChI=1S/C12H15N3O2/c1-4-15(12(2,3)11(16)17)10-7-5-6-9(8-13)14-10/h5-7H,4H2,1-3H3,(H,16,17). The van der Waals surface area contributed by atoms with Gasteiger partial charge >= 0.3 is 5.97 Å². The summed E-state index contributed by atoms with van der Waals surface area (Å²) in [6.07, 6.45) is 0. The summed E-state index contributed by atoms with van der Waals surface area (Å²) < 4.78 is 0. The zero-order valence-electron chi connectivity index (χ0n) is 10.1. The number of pyridine rings is 1. The molecule has 90 valence electrons. The number of nitriles is 1. The third-order valence-corrected chi connectivity index (χ3v) is 2.64. The van der Waals surface area contributed by atoms with E-state index in [2.05, 4.69) is 4.98 Å². The molecular formula is C12H15N3O2. The quantitative estimate of drug-likeness (QED) is 0.855. The van der Waals surface area contributed by atoms with Crippen molar-refractivity contribution in [2.24, 2.45) is 0 Å². The van der Waals surface area contributed by atoms with Gasteiger partial charge in [0.1, 0.15) is 23.1 Å². The number of carboxylic acids is 1. The lowest BCUT2D eigenvalue weighted by molar-refractivity contribution is -0.142. The monoisotopic (exact) mass is 233 g/mol. The Morgan fingerprint density at radius 2 is 2.24 bits per heavy atom. The van der Waals surface area contributed by atoms with Crippen molar-refractivity contribution in [1.29, 1.82) is 5.26 Å². The van der Waals surface area contributed by atoms with E-state index in [4.69, 9.17) is 5.26 Å². The van der Waals surface area contributed by atoms with Crippen LogP contribution >= 0.6 is 0 Å². The molecule has 0 aliphatic carbocycles. The van der Waals surface area contributed by atoms with Gasteiger partial charge in [0.25, 0.3) is 0 Å². The van der Waals surface area contributed by atoms with Crippen molar-refractivity contribution in [3.63, 3.8) is 0 Å². The van der Waals surface area contributed by atoms with Crippen molar-refractivity contribution in [2.45, 2.75) is 26.3 Å². The molecule has 0 unspecified atom stereocenters. The molecule has 1 heterocycles. The largest absolute Gasteiger partial charge is 0.480 e. The molecule has 5 nitrogen and oxygen atoms in total. The molecule has 0 saturated heterocycles. The summed E-state index contributed by atoms with van der Waals surface area (Å²) in [5.41, 5.74) is -0.780. The third kappa shape index (κ3) is 2.53. The van der Waals surface area contributed by atoms with E-state index >= 15 is 0 Å². The van der Waals surface area contributed by atoms with Crippen LogP contribution in [0.15, 0.2) is 18.2 Å². The second-order valence-electron chi connectivity index (χ2n) is 4.10. The van der Waals surface area contributed by atoms with Crippen LogP contribution in [-0.4, -0.2) is 28.1 Å². The van der Waals surface area contributed by atoms with E-state index < -0.39 is 11.5 Å². The minimum absolute atomic E-state index is 0.280. The molecule has 0 atom stereocenters. The molecule has 1 aromatic rings. The van der Waals surface area contributed by atoms with Crippen molar-refractivity contribution in [1.82, 2.24) is 4.98 Å². The van der Waals surface area contributed by atoms with Crippen LogP contribution in [0.2, 0.25) is 0 Å². The number of aromatic nitrogens is 1. The maximum Gasteiger partial charge on any atom is 0.328 e. The van der Waals surface area contributed by atoms with E-state index in [1.165, 1.54) is 0 Å². The maximum atomic E-state index is 11.2. The minimum atomic E-state index is -1.06. The number of likely N-dealkylation sites (N-methyl/N-ethyl adjacent to an activating group) is 1. The van der Waals surface area contributed by atoms with E-state index in [0.29, 0.717) is 12.4 Å². The van der Waals surface area contributed by atoms with E-state index in [-0.39, 0.29) is 5.69 Å². The van der Waals surface area contributed by atoms with Crippen LogP contribution in [0.25, 0.3) is 0 Å². The molecule has 1 N–H and O–H groups in total. The highest BCUT2D eigenvalue weighted by Gasteiger charge is 2.34. The summed E-state index contributed by atoms with van der Waals surface area (Å²) in [6.45, 7) is 5.58. The van der Waals surface area contributed by atoms with E-state index in [1.807, 2.05) is 13.0 Å². The van der Waals surface area contributed by atoms with E-state index in [9.17, 15) is 9.90 Å². The van der Waals surface area contributed by atoms with Crippen LogP contribution in [0, 0.1) is 11.3 Å². The first kappa shape index (κ1) is 13.0. The number of hydrogen-bond acceptors (Lipinski definition) is 4. The van der Waals surface area contributed by atoms with Gasteiger partial charge < -0.3 is 10.0 Å². The molecule has 1 rings (SSSR count). The fourth-order valence-corrected chi connectivity index (χ4v) is 1.59. The number of carbonyl (C=O) groups is 1. The Morgan fingerprint density at radius 3 is 2.71 bits per heavy atom. The number of aliphatic carboxylic acids is 1. The van der Waals surface area contributed by atoms with Gasteiger partial charge in [-0.2, -0.15) is 5.26 Å². The highest BCUT2D eigenvalue weighted by atomic mass is 16.4. The van der Waals surface area contributed by atoms with Crippen LogP contribution < -0.4 is 4.90 Å². The number of hydrogen-bond donors (Lipinski definition) is 1. The molecule has 0 radical (unpaired) electrons. The molecule has 0 bridgehead atoms. The van der Waals surface area contributed by atoms with Crippen molar-refractivity contribution < 1.29 is 9.90 Å². The average molecular weight is 233 g/mol. The van der Waals surface area contributed by atoms with Crippen molar-refractivity contribution >= 4 is 11.8 Å². The molecule has 5 heteroatoms. The molecule has 0 aliphatic heterocycles. The van der Waals surface area contributed by atoms with Crippen molar-refractivity contribution in [3.05, 3.63) is 23.9 Å². The summed E-state index contributed by atoms with van der Waals surface area (Å²) in [7, 11) is 0. The number of rotatable bonds is 4. The Hall–Kier alpha value is -2.09. The first-order valence-electron chi connectivity index (χ1n) is 5.31. The van der Waals surface area contributed by atoms with Gasteiger partial charge in [0.2, 0.25) is 0 Å². The average Bonchev–Trinajstić information content (AvgIpc) is 2.29. The van der Waals surface area contributed by atoms with Gasteiger partial charge in [-0.25, -0.2) is 9.78 Å². The first-order valence-corrected chi connectivity index (χ1v) is 5.31. The zero-order valence-corrected chi connectivity index (χ0v) is 10.1. The second-order valence-corrected chi connectivity index (χ2v) is 4.10. The van der Waals surface area contributed by atoms with Crippen LogP contribution in [0.4, 0.5) is 5.82 Å². The molecule has 17 heavy (non-hydrogen) atoms. The highest BCUT2D eigenvalue weighted by molar-refractivity contribution is 5.82. The summed E-state index contributed by atoms with van der Waals surface area (Å²) in [4.78, 5) is 17.0. The third-order valence-electron chi connectivity index (χ3n) is 2.64. The summed E-state index contributed by atoms with van der Waals surface area (Å²) in [5.74, 6) is -0.428. The highest BCUT2D eigenvalue weighted by Crippen LogP contribution is 2.22. The van der Waals surface area contributed by atoms with E-state index in [1.54, 1.807) is 36.9 Å². The zero-order chi connectivity index (χ0) is 13.1. The van der Waals surface area contributed by atoms with Gasteiger partial charge in [-0.15, -0.1) is 0 Å². The summed E-state index contributed by atoms with van der Waals surface area (Å²) in [6, 6.07) is 6.93. The molecule has 0 aromatic carbocycles. The van der Waals surface area contributed by atoms with Gasteiger partial charge in [0, 0.05) is 6.54 Å². The first-order chi connectivity index (χ1) is 7.93. The summed E-state index contributed by atoms with van der Waals surface area (Å²) >= 11 is 0. The van der Waals surface area contributed by atoms with Crippen LogP contribution in [0.3, 0.4) is 0 Å². The lowest BCUT2D eigenvalue weighted by atomic mass is 10.0. The Labute approximate surface area is 100 Å². The molecule has 0 amide bonds. The van der Waals surface area contributed by atoms with Crippen molar-refractivity contribution in [2.75, 3.05) is 11.4 Å². The molecular weight excluding hydrogens is 218 g/mol. The molecule has 0 fully saturated rings.